The Hall–Kier alpha value is -3.15. The molecule has 2 N–H and O–H groups in total. The molecule has 0 aliphatic rings. The first-order valence-electron chi connectivity index (χ1n) is 6.35. The lowest BCUT2D eigenvalue weighted by Gasteiger charge is -2.07. The number of H-pyrrole nitrogens is 1. The van der Waals surface area contributed by atoms with Crippen LogP contribution in [0.1, 0.15) is 10.4 Å². The Labute approximate surface area is 120 Å². The van der Waals surface area contributed by atoms with E-state index in [-0.39, 0.29) is 5.91 Å². The smallest absolute Gasteiger partial charge is 0.267 e. The molecule has 0 aliphatic heterocycles. The molecule has 0 saturated carbocycles. The largest absolute Gasteiger partial charge is 0.362 e. The Balaban J connectivity index is 1.95. The molecule has 21 heavy (non-hydrogen) atoms. The molecule has 6 nitrogen and oxygen atoms in total. The van der Waals surface area contributed by atoms with E-state index in [1.165, 1.54) is 0 Å². The van der Waals surface area contributed by atoms with E-state index in [1.807, 2.05) is 24.3 Å². The summed E-state index contributed by atoms with van der Waals surface area (Å²) in [5.41, 5.74) is 3.23. The van der Waals surface area contributed by atoms with Crippen LogP contribution >= 0.6 is 0 Å². The molecule has 0 atom stereocenters. The summed E-state index contributed by atoms with van der Waals surface area (Å²) < 4.78 is 1.10. The van der Waals surface area contributed by atoms with Gasteiger partial charge in [-0.3, -0.25) is 10.2 Å². The molecule has 3 rings (SSSR count). The van der Waals surface area contributed by atoms with Crippen molar-refractivity contribution in [1.29, 1.82) is 0 Å². The average molecular weight is 280 g/mol. The molecule has 3 aromatic rings. The van der Waals surface area contributed by atoms with Gasteiger partial charge >= 0.3 is 5.69 Å². The number of aromatic nitrogens is 3. The third-order valence-electron chi connectivity index (χ3n) is 2.95. The highest BCUT2D eigenvalue weighted by molar-refractivity contribution is 6.00. The second-order valence-electron chi connectivity index (χ2n) is 4.36. The first-order chi connectivity index (χ1) is 10.3. The predicted molar refractivity (Wildman–Crippen MR) is 78.4 cm³/mol. The van der Waals surface area contributed by atoms with Gasteiger partial charge in [-0.1, -0.05) is 48.5 Å². The molecule has 0 saturated heterocycles. The third kappa shape index (κ3) is 2.59. The van der Waals surface area contributed by atoms with Crippen molar-refractivity contribution in [3.63, 3.8) is 0 Å². The van der Waals surface area contributed by atoms with E-state index in [2.05, 4.69) is 15.6 Å². The number of rotatable bonds is 3. The Morgan fingerprint density at radius 1 is 1.00 bits per heavy atom. The van der Waals surface area contributed by atoms with E-state index in [1.54, 1.807) is 36.4 Å². The summed E-state index contributed by atoms with van der Waals surface area (Å²) >= 11 is 0. The van der Waals surface area contributed by atoms with Gasteiger partial charge in [-0.05, 0) is 12.1 Å². The molecular formula is C15H12N4O2. The topological polar surface area (TPSA) is 79.8 Å². The molecule has 1 amide bonds. The monoisotopic (exact) mass is 280 g/mol. The number of carbonyl (C=O) groups is 1. The maximum absolute atomic E-state index is 12.1. The Bertz CT molecular complexity index is 806. The van der Waals surface area contributed by atoms with Gasteiger partial charge in [-0.25, -0.2) is 9.89 Å². The van der Waals surface area contributed by atoms with Gasteiger partial charge in [0.1, 0.15) is 0 Å². The second kappa shape index (κ2) is 5.46. The van der Waals surface area contributed by atoms with Gasteiger partial charge in [0.25, 0.3) is 5.91 Å². The van der Waals surface area contributed by atoms with Crippen molar-refractivity contribution in [2.75, 3.05) is 5.43 Å². The standard InChI is InChI=1S/C15H12N4O2/c20-14(12-9-5-2-6-10-12)18-19-13(16-17-15(19)21)11-7-3-1-4-8-11/h1-10H,(H,17,21)(H,18,20). The number of hydrogen-bond donors (Lipinski definition) is 2. The maximum atomic E-state index is 12.1. The van der Waals surface area contributed by atoms with Gasteiger partial charge in [0.15, 0.2) is 5.82 Å². The fraction of sp³-hybridized carbons (Fsp3) is 0. The van der Waals surface area contributed by atoms with E-state index in [4.69, 9.17) is 0 Å². The zero-order valence-corrected chi connectivity index (χ0v) is 11.0. The van der Waals surface area contributed by atoms with Gasteiger partial charge in [-0.2, -0.15) is 9.77 Å². The zero-order chi connectivity index (χ0) is 14.7. The molecule has 0 spiro atoms. The summed E-state index contributed by atoms with van der Waals surface area (Å²) in [6, 6.07) is 17.8. The maximum Gasteiger partial charge on any atom is 0.362 e. The Morgan fingerprint density at radius 3 is 2.29 bits per heavy atom. The summed E-state index contributed by atoms with van der Waals surface area (Å²) in [6.45, 7) is 0. The van der Waals surface area contributed by atoms with Gasteiger partial charge in [0.2, 0.25) is 0 Å². The number of amides is 1. The molecule has 0 unspecified atom stereocenters. The number of carbonyl (C=O) groups excluding carboxylic acids is 1. The van der Waals surface area contributed by atoms with Crippen LogP contribution in [0, 0.1) is 0 Å². The number of nitrogens with zero attached hydrogens (tertiary/aromatic N) is 2. The molecule has 6 heteroatoms. The number of hydrogen-bond acceptors (Lipinski definition) is 3. The summed E-state index contributed by atoms with van der Waals surface area (Å²) in [6.07, 6.45) is 0. The van der Waals surface area contributed by atoms with Crippen LogP contribution in [0.25, 0.3) is 11.4 Å². The lowest BCUT2D eigenvalue weighted by atomic mass is 10.2. The van der Waals surface area contributed by atoms with Crippen LogP contribution in [0.4, 0.5) is 0 Å². The van der Waals surface area contributed by atoms with Crippen LogP contribution in [0.3, 0.4) is 0 Å². The van der Waals surface area contributed by atoms with Crippen molar-refractivity contribution in [2.45, 2.75) is 0 Å². The molecular weight excluding hydrogens is 268 g/mol. The van der Waals surface area contributed by atoms with Crippen molar-refractivity contribution >= 4 is 5.91 Å². The van der Waals surface area contributed by atoms with Crippen LogP contribution in [-0.2, 0) is 0 Å². The minimum absolute atomic E-state index is 0.352. The van der Waals surface area contributed by atoms with Gasteiger partial charge in [-0.15, -0.1) is 0 Å². The first-order valence-corrected chi connectivity index (χ1v) is 6.35. The summed E-state index contributed by atoms with van der Waals surface area (Å²) in [5.74, 6) is -0.0267. The average Bonchev–Trinajstić information content (AvgIpc) is 2.90. The lowest BCUT2D eigenvalue weighted by Crippen LogP contribution is -2.32. The SMILES string of the molecule is O=C(Nn1c(-c2ccccc2)n[nH]c1=O)c1ccccc1. The quantitative estimate of drug-likeness (QED) is 0.765. The van der Waals surface area contributed by atoms with E-state index in [0.717, 1.165) is 10.2 Å². The molecule has 0 bridgehead atoms. The molecule has 104 valence electrons. The van der Waals surface area contributed by atoms with Crippen molar-refractivity contribution in [2.24, 2.45) is 0 Å². The number of nitrogens with one attached hydrogen (secondary N) is 2. The van der Waals surface area contributed by atoms with Crippen LogP contribution < -0.4 is 11.1 Å². The summed E-state index contributed by atoms with van der Waals surface area (Å²) in [4.78, 5) is 23.9. The second-order valence-corrected chi connectivity index (χ2v) is 4.36. The highest BCUT2D eigenvalue weighted by Gasteiger charge is 2.13. The van der Waals surface area contributed by atoms with Gasteiger partial charge in [0, 0.05) is 11.1 Å². The lowest BCUT2D eigenvalue weighted by molar-refractivity contribution is 0.101. The van der Waals surface area contributed by atoms with E-state index in [9.17, 15) is 9.59 Å². The fourth-order valence-electron chi connectivity index (χ4n) is 1.94. The van der Waals surface area contributed by atoms with E-state index < -0.39 is 5.69 Å². The highest BCUT2D eigenvalue weighted by atomic mass is 16.2. The van der Waals surface area contributed by atoms with Crippen molar-refractivity contribution in [1.82, 2.24) is 14.9 Å². The predicted octanol–water partition coefficient (Wildman–Crippen LogP) is 1.62. The molecule has 1 heterocycles. The first kappa shape index (κ1) is 12.9. The van der Waals surface area contributed by atoms with E-state index >= 15 is 0 Å². The van der Waals surface area contributed by atoms with Crippen molar-refractivity contribution < 1.29 is 4.79 Å². The third-order valence-corrected chi connectivity index (χ3v) is 2.95. The Kier molecular flexibility index (Phi) is 3.34. The Morgan fingerprint density at radius 2 is 1.62 bits per heavy atom. The van der Waals surface area contributed by atoms with Crippen molar-refractivity contribution in [3.8, 4) is 11.4 Å². The molecule has 0 radical (unpaired) electrons. The molecule has 1 aromatic heterocycles. The number of aromatic amines is 1. The van der Waals surface area contributed by atoms with Crippen LogP contribution in [-0.4, -0.2) is 20.8 Å². The van der Waals surface area contributed by atoms with E-state index in [0.29, 0.717) is 11.4 Å². The summed E-state index contributed by atoms with van der Waals surface area (Å²) in [7, 11) is 0. The van der Waals surface area contributed by atoms with Crippen LogP contribution in [0.15, 0.2) is 65.5 Å². The highest BCUT2D eigenvalue weighted by Crippen LogP contribution is 2.13. The molecule has 2 aromatic carbocycles. The number of benzene rings is 2. The van der Waals surface area contributed by atoms with Gasteiger partial charge in [0.05, 0.1) is 0 Å². The van der Waals surface area contributed by atoms with Crippen LogP contribution in [0.2, 0.25) is 0 Å². The molecule has 0 fully saturated rings. The van der Waals surface area contributed by atoms with Crippen molar-refractivity contribution in [3.05, 3.63) is 76.7 Å². The van der Waals surface area contributed by atoms with Crippen LogP contribution in [0.5, 0.6) is 0 Å². The normalized spacial score (nSPS) is 10.3. The minimum Gasteiger partial charge on any atom is -0.267 e. The van der Waals surface area contributed by atoms with Gasteiger partial charge < -0.3 is 0 Å². The molecule has 0 aliphatic carbocycles. The zero-order valence-electron chi connectivity index (χ0n) is 11.0. The minimum atomic E-state index is -0.502. The fourth-order valence-corrected chi connectivity index (χ4v) is 1.94. The summed E-state index contributed by atoms with van der Waals surface area (Å²) in [5, 5.41) is 6.28.